The number of hydrogen-bond acceptors (Lipinski definition) is 4. The van der Waals surface area contributed by atoms with Crippen LogP contribution in [0.1, 0.15) is 46.1 Å². The highest BCUT2D eigenvalue weighted by molar-refractivity contribution is 6.55. The Balaban J connectivity index is 1.31. The molecular weight excluding hydrogens is 563 g/mol. The largest absolute Gasteiger partial charge is 0.490 e. The van der Waals surface area contributed by atoms with Gasteiger partial charge in [-0.3, -0.25) is 9.97 Å². The first kappa shape index (κ1) is 30.1. The molecule has 1 aliphatic heterocycles. The van der Waals surface area contributed by atoms with Crippen molar-refractivity contribution in [2.24, 2.45) is 5.92 Å². The highest BCUT2D eigenvalue weighted by Crippen LogP contribution is 2.45. The van der Waals surface area contributed by atoms with Gasteiger partial charge >= 0.3 is 7.12 Å². The molecule has 4 nitrogen and oxygen atoms in total. The number of aromatic nitrogens is 2. The first-order valence-electron chi connectivity index (χ1n) is 16.1. The fraction of sp³-hybridized carbons (Fsp3) is 0.220. The predicted octanol–water partition coefficient (Wildman–Crippen LogP) is 9.99. The molecule has 0 bridgehead atoms. The normalized spacial score (nSPS) is 20.0. The second-order valence-corrected chi connectivity index (χ2v) is 13.4. The number of hydrogen-bond donors (Lipinski definition) is 0. The van der Waals surface area contributed by atoms with Crippen molar-refractivity contribution in [3.8, 4) is 44.5 Å². The quantitative estimate of drug-likeness (QED) is 0.182. The van der Waals surface area contributed by atoms with Crippen molar-refractivity contribution in [2.75, 3.05) is 0 Å². The Morgan fingerprint density at radius 1 is 0.587 bits per heavy atom. The summed E-state index contributed by atoms with van der Waals surface area (Å²) in [4.78, 5) is 8.71. The molecule has 0 spiro atoms. The minimum absolute atomic E-state index is 0.153. The molecule has 0 radical (unpaired) electrons. The molecule has 2 atom stereocenters. The van der Waals surface area contributed by atoms with Crippen molar-refractivity contribution in [1.82, 2.24) is 9.97 Å². The van der Waals surface area contributed by atoms with E-state index in [0.717, 1.165) is 22.3 Å². The minimum Gasteiger partial charge on any atom is -0.400 e. The Bertz CT molecular complexity index is 1810. The summed E-state index contributed by atoms with van der Waals surface area (Å²) in [7, 11) is -0.373. The maximum atomic E-state index is 6.52. The van der Waals surface area contributed by atoms with Gasteiger partial charge < -0.3 is 9.31 Å². The summed E-state index contributed by atoms with van der Waals surface area (Å²) in [6.07, 6.45) is 14.1. The van der Waals surface area contributed by atoms with Crippen LogP contribution in [0.2, 0.25) is 0 Å². The van der Waals surface area contributed by atoms with Crippen molar-refractivity contribution < 1.29 is 9.31 Å². The van der Waals surface area contributed by atoms with Gasteiger partial charge in [0.15, 0.2) is 0 Å². The molecule has 1 aliphatic carbocycles. The van der Waals surface area contributed by atoms with Crippen LogP contribution in [0.5, 0.6) is 0 Å². The van der Waals surface area contributed by atoms with Crippen LogP contribution < -0.4 is 0 Å². The maximum absolute atomic E-state index is 6.52. The molecule has 5 aromatic rings. The number of rotatable bonds is 6. The molecule has 2 aromatic heterocycles. The Hall–Kier alpha value is -4.58. The molecule has 0 saturated carbocycles. The average molecular weight is 603 g/mol. The zero-order valence-electron chi connectivity index (χ0n) is 27.1. The van der Waals surface area contributed by atoms with Crippen LogP contribution >= 0.6 is 0 Å². The topological polar surface area (TPSA) is 44.2 Å². The first-order chi connectivity index (χ1) is 22.2. The molecule has 0 N–H and O–H groups in total. The van der Waals surface area contributed by atoms with E-state index in [1.165, 1.54) is 33.3 Å². The van der Waals surface area contributed by atoms with Crippen molar-refractivity contribution in [3.05, 3.63) is 145 Å². The summed E-state index contributed by atoms with van der Waals surface area (Å²) in [6.45, 7) is 10.8. The van der Waals surface area contributed by atoms with Crippen molar-refractivity contribution in [3.63, 3.8) is 0 Å². The van der Waals surface area contributed by atoms with E-state index in [2.05, 4.69) is 142 Å². The molecule has 1 saturated heterocycles. The fourth-order valence-electron chi connectivity index (χ4n) is 6.49. The smallest absolute Gasteiger partial charge is 0.400 e. The number of pyridine rings is 2. The standard InChI is InChI=1S/C41H39BN2O2/c1-28-38(17-8-18-39(28)42-45-40(2,3)41(4,5)46-42)37-24-35(31-13-6-11-29(21-31)33-15-9-19-43-26-33)23-36(25-37)32-14-7-12-30(22-32)34-16-10-20-44-27-34/h6-28,38H,1-5H3. The van der Waals surface area contributed by atoms with E-state index in [1.54, 1.807) is 0 Å². The Morgan fingerprint density at radius 2 is 1.04 bits per heavy atom. The average Bonchev–Trinajstić information content (AvgIpc) is 3.31. The summed E-state index contributed by atoms with van der Waals surface area (Å²) in [6, 6.07) is 32.7. The zero-order chi connectivity index (χ0) is 31.9. The van der Waals surface area contributed by atoms with Crippen molar-refractivity contribution in [1.29, 1.82) is 0 Å². The van der Waals surface area contributed by atoms with Crippen molar-refractivity contribution >= 4 is 7.12 Å². The van der Waals surface area contributed by atoms with Gasteiger partial charge in [0, 0.05) is 41.8 Å². The number of benzene rings is 3. The van der Waals surface area contributed by atoms with E-state index in [-0.39, 0.29) is 30.2 Å². The van der Waals surface area contributed by atoms with E-state index >= 15 is 0 Å². The van der Waals surface area contributed by atoms with E-state index in [0.29, 0.717) is 0 Å². The molecule has 3 aromatic carbocycles. The van der Waals surface area contributed by atoms with Gasteiger partial charge in [0.05, 0.1) is 11.2 Å². The van der Waals surface area contributed by atoms with Gasteiger partial charge in [0.25, 0.3) is 0 Å². The lowest BCUT2D eigenvalue weighted by atomic mass is 9.64. The number of allylic oxidation sites excluding steroid dienone is 4. The van der Waals surface area contributed by atoms with E-state index < -0.39 is 0 Å². The molecule has 2 aliphatic rings. The van der Waals surface area contributed by atoms with Crippen LogP contribution in [-0.4, -0.2) is 28.3 Å². The molecule has 3 heterocycles. The fourth-order valence-corrected chi connectivity index (χ4v) is 6.49. The SMILES string of the molecule is CC1C(B2OC(C)(C)C(C)(C)O2)=CC=CC1c1cc(-c2cccc(-c3cccnc3)c2)cc(-c2cccc(-c3cccnc3)c2)c1. The van der Waals surface area contributed by atoms with Crippen LogP contribution in [0.4, 0.5) is 0 Å². The van der Waals surface area contributed by atoms with Gasteiger partial charge in [-0.2, -0.15) is 0 Å². The Labute approximate surface area is 273 Å². The molecule has 0 amide bonds. The predicted molar refractivity (Wildman–Crippen MR) is 189 cm³/mol. The van der Waals surface area contributed by atoms with E-state index in [4.69, 9.17) is 9.31 Å². The highest BCUT2D eigenvalue weighted by Gasteiger charge is 2.53. The zero-order valence-corrected chi connectivity index (χ0v) is 27.1. The molecule has 2 unspecified atom stereocenters. The summed E-state index contributed by atoms with van der Waals surface area (Å²) in [5, 5.41) is 0. The highest BCUT2D eigenvalue weighted by atomic mass is 16.7. The van der Waals surface area contributed by atoms with Crippen molar-refractivity contribution in [2.45, 2.75) is 51.7 Å². The van der Waals surface area contributed by atoms with Gasteiger partial charge in [0.2, 0.25) is 0 Å². The third-order valence-corrected chi connectivity index (χ3v) is 9.92. The summed E-state index contributed by atoms with van der Waals surface area (Å²) >= 11 is 0. The first-order valence-corrected chi connectivity index (χ1v) is 16.1. The molecule has 1 fully saturated rings. The van der Waals surface area contributed by atoms with Crippen LogP contribution in [0.15, 0.2) is 139 Å². The van der Waals surface area contributed by atoms with E-state index in [9.17, 15) is 0 Å². The second-order valence-electron chi connectivity index (χ2n) is 13.4. The second kappa shape index (κ2) is 12.0. The van der Waals surface area contributed by atoms with Gasteiger partial charge in [0.1, 0.15) is 0 Å². The third-order valence-electron chi connectivity index (χ3n) is 9.92. The van der Waals surface area contributed by atoms with Gasteiger partial charge in [-0.1, -0.05) is 85.8 Å². The van der Waals surface area contributed by atoms with E-state index in [1.807, 2.05) is 36.9 Å². The molecule has 7 rings (SSSR count). The minimum atomic E-state index is -0.388. The number of nitrogens with zero attached hydrogens (tertiary/aromatic N) is 2. The maximum Gasteiger partial charge on any atom is 0.490 e. The molecule has 46 heavy (non-hydrogen) atoms. The lowest BCUT2D eigenvalue weighted by Gasteiger charge is -2.32. The summed E-state index contributed by atoms with van der Waals surface area (Å²) < 4.78 is 13.0. The summed E-state index contributed by atoms with van der Waals surface area (Å²) in [5.41, 5.74) is 10.9. The third kappa shape index (κ3) is 5.77. The monoisotopic (exact) mass is 602 g/mol. The Kier molecular flexibility index (Phi) is 7.84. The van der Waals surface area contributed by atoms with Crippen LogP contribution in [0, 0.1) is 5.92 Å². The van der Waals surface area contributed by atoms with Crippen LogP contribution in [-0.2, 0) is 9.31 Å². The lowest BCUT2D eigenvalue weighted by Crippen LogP contribution is -2.41. The molecular formula is C41H39BN2O2. The Morgan fingerprint density at radius 3 is 1.52 bits per heavy atom. The molecule has 228 valence electrons. The lowest BCUT2D eigenvalue weighted by molar-refractivity contribution is 0.00578. The van der Waals surface area contributed by atoms with Crippen LogP contribution in [0.3, 0.4) is 0 Å². The van der Waals surface area contributed by atoms with Gasteiger partial charge in [-0.05, 0) is 108 Å². The van der Waals surface area contributed by atoms with Gasteiger partial charge in [-0.25, -0.2) is 0 Å². The molecule has 5 heteroatoms. The van der Waals surface area contributed by atoms with Crippen LogP contribution in [0.25, 0.3) is 44.5 Å². The summed E-state index contributed by atoms with van der Waals surface area (Å²) in [5.74, 6) is 0.340. The van der Waals surface area contributed by atoms with Gasteiger partial charge in [-0.15, -0.1) is 0 Å².